The molecule has 0 aliphatic heterocycles. The molecule has 0 saturated carbocycles. The third kappa shape index (κ3) is 5.89. The van der Waals surface area contributed by atoms with E-state index in [4.69, 9.17) is 28.7 Å². The number of fused-ring (bicyclic) bond motifs is 1. The maximum atomic E-state index is 13.5. The Balaban J connectivity index is 1.48. The largest absolute Gasteiger partial charge is 0.493 e. The number of carbonyl (C=O) groups is 1. The zero-order valence-corrected chi connectivity index (χ0v) is 24.3. The lowest BCUT2D eigenvalue weighted by Crippen LogP contribution is -2.20. The number of aryl methyl sites for hydroxylation is 1. The van der Waals surface area contributed by atoms with E-state index in [1.165, 1.54) is 51.5 Å². The topological polar surface area (TPSA) is 110 Å². The fourth-order valence-corrected chi connectivity index (χ4v) is 4.53. The van der Waals surface area contributed by atoms with Crippen molar-refractivity contribution in [1.82, 2.24) is 9.66 Å². The van der Waals surface area contributed by atoms with Crippen LogP contribution in [0.4, 0.5) is 0 Å². The van der Waals surface area contributed by atoms with Crippen molar-refractivity contribution in [2.24, 2.45) is 5.10 Å². The summed E-state index contributed by atoms with van der Waals surface area (Å²) in [5, 5.41) is 4.96. The van der Waals surface area contributed by atoms with Crippen LogP contribution in [0.5, 0.6) is 28.7 Å². The summed E-state index contributed by atoms with van der Waals surface area (Å²) in [4.78, 5) is 31.3. The van der Waals surface area contributed by atoms with Gasteiger partial charge in [0.2, 0.25) is 5.75 Å². The van der Waals surface area contributed by atoms with Gasteiger partial charge in [0.25, 0.3) is 5.56 Å². The van der Waals surface area contributed by atoms with Gasteiger partial charge in [-0.05, 0) is 61.0 Å². The van der Waals surface area contributed by atoms with Crippen molar-refractivity contribution in [3.63, 3.8) is 0 Å². The van der Waals surface area contributed by atoms with Gasteiger partial charge in [-0.2, -0.15) is 9.78 Å². The maximum absolute atomic E-state index is 13.5. The first-order valence-corrected chi connectivity index (χ1v) is 13.2. The van der Waals surface area contributed by atoms with Gasteiger partial charge in [-0.1, -0.05) is 35.9 Å². The van der Waals surface area contributed by atoms with Crippen molar-refractivity contribution < 1.29 is 28.5 Å². The summed E-state index contributed by atoms with van der Waals surface area (Å²) in [6, 6.07) is 22.8. The third-order valence-electron chi connectivity index (χ3n) is 6.64. The maximum Gasteiger partial charge on any atom is 0.343 e. The molecular formula is C33H29N3O7. The molecule has 0 saturated heterocycles. The van der Waals surface area contributed by atoms with Crippen LogP contribution >= 0.6 is 0 Å². The van der Waals surface area contributed by atoms with Crippen molar-refractivity contribution >= 4 is 23.1 Å². The second-order valence-corrected chi connectivity index (χ2v) is 9.40. The van der Waals surface area contributed by atoms with E-state index < -0.39 is 5.97 Å². The molecule has 0 atom stereocenters. The normalized spacial score (nSPS) is 11.0. The van der Waals surface area contributed by atoms with Crippen LogP contribution in [-0.4, -0.2) is 50.3 Å². The molecule has 10 nitrogen and oxygen atoms in total. The molecule has 10 heteroatoms. The van der Waals surface area contributed by atoms with Crippen LogP contribution in [0.1, 0.15) is 21.5 Å². The third-order valence-corrected chi connectivity index (χ3v) is 6.64. The Kier molecular flexibility index (Phi) is 8.38. The highest BCUT2D eigenvalue weighted by atomic mass is 16.6. The summed E-state index contributed by atoms with van der Waals surface area (Å²) in [6.45, 7) is 1.97. The molecule has 0 unspecified atom stereocenters. The first-order valence-electron chi connectivity index (χ1n) is 13.2. The molecule has 0 aliphatic rings. The van der Waals surface area contributed by atoms with Gasteiger partial charge in [-0.25, -0.2) is 9.78 Å². The molecule has 0 fully saturated rings. The molecule has 43 heavy (non-hydrogen) atoms. The number of para-hydroxylation sites is 1. The monoisotopic (exact) mass is 579 g/mol. The average Bonchev–Trinajstić information content (AvgIpc) is 3.03. The van der Waals surface area contributed by atoms with Gasteiger partial charge >= 0.3 is 5.97 Å². The fraction of sp³-hybridized carbons (Fsp3) is 0.152. The summed E-state index contributed by atoms with van der Waals surface area (Å²) in [6.07, 6.45) is 1.52. The lowest BCUT2D eigenvalue weighted by Gasteiger charge is -2.14. The van der Waals surface area contributed by atoms with E-state index in [2.05, 4.69) is 5.10 Å². The lowest BCUT2D eigenvalue weighted by atomic mass is 10.1. The number of ether oxygens (including phenoxy) is 5. The molecule has 0 amide bonds. The summed E-state index contributed by atoms with van der Waals surface area (Å²) in [5.74, 6) is 1.21. The van der Waals surface area contributed by atoms with Gasteiger partial charge in [-0.15, -0.1) is 0 Å². The van der Waals surface area contributed by atoms with E-state index in [0.29, 0.717) is 39.5 Å². The van der Waals surface area contributed by atoms with E-state index >= 15 is 0 Å². The van der Waals surface area contributed by atoms with Crippen molar-refractivity contribution in [1.29, 1.82) is 0 Å². The Bertz CT molecular complexity index is 1890. The number of aromatic nitrogens is 2. The van der Waals surface area contributed by atoms with Crippen molar-refractivity contribution in [2.45, 2.75) is 6.92 Å². The van der Waals surface area contributed by atoms with Gasteiger partial charge < -0.3 is 23.7 Å². The molecule has 0 aliphatic carbocycles. The average molecular weight is 580 g/mol. The Hall–Kier alpha value is -5.64. The molecule has 0 spiro atoms. The minimum atomic E-state index is -0.657. The Morgan fingerprint density at radius 2 is 1.51 bits per heavy atom. The van der Waals surface area contributed by atoms with Crippen LogP contribution in [-0.2, 0) is 0 Å². The molecule has 5 rings (SSSR count). The number of esters is 1. The van der Waals surface area contributed by atoms with E-state index in [1.807, 2.05) is 37.3 Å². The van der Waals surface area contributed by atoms with Gasteiger partial charge in [-0.3, -0.25) is 4.79 Å². The van der Waals surface area contributed by atoms with Crippen LogP contribution in [0.15, 0.2) is 88.8 Å². The minimum Gasteiger partial charge on any atom is -0.493 e. The van der Waals surface area contributed by atoms with E-state index in [-0.39, 0.29) is 22.6 Å². The number of methoxy groups -OCH3 is 4. The summed E-state index contributed by atoms with van der Waals surface area (Å²) >= 11 is 0. The van der Waals surface area contributed by atoms with Gasteiger partial charge in [0, 0.05) is 5.56 Å². The highest BCUT2D eigenvalue weighted by molar-refractivity contribution is 5.93. The molecule has 0 radical (unpaired) electrons. The second-order valence-electron chi connectivity index (χ2n) is 9.40. The van der Waals surface area contributed by atoms with Crippen LogP contribution in [0, 0.1) is 6.92 Å². The number of hydrogen-bond acceptors (Lipinski definition) is 9. The minimum absolute atomic E-state index is 0.184. The van der Waals surface area contributed by atoms with Gasteiger partial charge in [0.05, 0.1) is 51.1 Å². The smallest absolute Gasteiger partial charge is 0.343 e. The van der Waals surface area contributed by atoms with Crippen molar-refractivity contribution in [3.8, 4) is 40.1 Å². The molecule has 0 bridgehead atoms. The standard InChI is InChI=1S/C33H29N3O7/c1-20-9-8-10-22(15-20)31-35-25-12-7-6-11-24(25)32(37)36(31)34-19-21-13-14-26(27(16-21)39-2)43-33(38)23-17-28(40-3)30(42-5)29(18-23)41-4/h6-19H,1-5H3. The first kappa shape index (κ1) is 28.9. The van der Waals surface area contributed by atoms with Crippen LogP contribution < -0.4 is 29.2 Å². The SMILES string of the molecule is COc1cc(C=Nn2c(-c3cccc(C)c3)nc3ccccc3c2=O)ccc1OC(=O)c1cc(OC)c(OC)c(OC)c1. The predicted molar refractivity (Wildman–Crippen MR) is 163 cm³/mol. The zero-order valence-electron chi connectivity index (χ0n) is 24.3. The molecule has 4 aromatic carbocycles. The number of hydrogen-bond donors (Lipinski definition) is 0. The highest BCUT2D eigenvalue weighted by Gasteiger charge is 2.20. The van der Waals surface area contributed by atoms with Gasteiger partial charge in [0.15, 0.2) is 28.8 Å². The van der Waals surface area contributed by atoms with Crippen LogP contribution in [0.25, 0.3) is 22.3 Å². The van der Waals surface area contributed by atoms with Crippen molar-refractivity contribution in [3.05, 3.63) is 106 Å². The number of carbonyl (C=O) groups excluding carboxylic acids is 1. The number of benzene rings is 4. The quantitative estimate of drug-likeness (QED) is 0.128. The fourth-order valence-electron chi connectivity index (χ4n) is 4.53. The Morgan fingerprint density at radius 3 is 2.19 bits per heavy atom. The van der Waals surface area contributed by atoms with E-state index in [1.54, 1.807) is 36.4 Å². The zero-order chi connectivity index (χ0) is 30.5. The first-order chi connectivity index (χ1) is 20.9. The molecule has 5 aromatic rings. The van der Waals surface area contributed by atoms with Crippen molar-refractivity contribution in [2.75, 3.05) is 28.4 Å². The van der Waals surface area contributed by atoms with Crippen LogP contribution in [0.3, 0.4) is 0 Å². The molecule has 218 valence electrons. The number of rotatable bonds is 9. The van der Waals surface area contributed by atoms with E-state index in [9.17, 15) is 9.59 Å². The molecule has 0 N–H and O–H groups in total. The van der Waals surface area contributed by atoms with E-state index in [0.717, 1.165) is 11.1 Å². The van der Waals surface area contributed by atoms with Gasteiger partial charge in [0.1, 0.15) is 0 Å². The predicted octanol–water partition coefficient (Wildman–Crippen LogP) is 5.51. The highest BCUT2D eigenvalue weighted by Crippen LogP contribution is 2.39. The summed E-state index contributed by atoms with van der Waals surface area (Å²) in [5.41, 5.74) is 2.84. The molecular weight excluding hydrogens is 550 g/mol. The molecule has 1 heterocycles. The second kappa shape index (κ2) is 12.5. The number of nitrogens with zero attached hydrogens (tertiary/aromatic N) is 3. The molecule has 1 aromatic heterocycles. The summed E-state index contributed by atoms with van der Waals surface area (Å²) in [7, 11) is 5.86. The lowest BCUT2D eigenvalue weighted by molar-refractivity contribution is 0.0728. The Morgan fingerprint density at radius 1 is 0.791 bits per heavy atom. The van der Waals surface area contributed by atoms with Crippen LogP contribution in [0.2, 0.25) is 0 Å². The summed E-state index contributed by atoms with van der Waals surface area (Å²) < 4.78 is 28.4. The Labute approximate surface area is 247 Å².